The van der Waals surface area contributed by atoms with Gasteiger partial charge in [0.25, 0.3) is 0 Å². The van der Waals surface area contributed by atoms with Crippen LogP contribution < -0.4 is 5.63 Å². The average molecular weight is 256 g/mol. The first-order valence-corrected chi connectivity index (χ1v) is 5.00. The third kappa shape index (κ3) is 2.58. The molecule has 0 aliphatic heterocycles. The van der Waals surface area contributed by atoms with Crippen molar-refractivity contribution in [3.8, 4) is 0 Å². The Morgan fingerprint density at radius 3 is 2.56 bits per heavy atom. The molecule has 1 aromatic heterocycles. The summed E-state index contributed by atoms with van der Waals surface area (Å²) in [6.07, 6.45) is -6.31. The molecular formula is C12H7F3O3. The predicted octanol–water partition coefficient (Wildman–Crippen LogP) is 2.93. The molecule has 0 aliphatic rings. The van der Waals surface area contributed by atoms with Crippen molar-refractivity contribution in [2.24, 2.45) is 0 Å². The van der Waals surface area contributed by atoms with Gasteiger partial charge in [0.05, 0.1) is 0 Å². The Kier molecular flexibility index (Phi) is 2.94. The molecule has 0 radical (unpaired) electrons. The Morgan fingerprint density at radius 1 is 1.22 bits per heavy atom. The molecule has 0 aliphatic carbocycles. The van der Waals surface area contributed by atoms with Crippen LogP contribution in [-0.2, 0) is 0 Å². The number of carbonyl (C=O) groups excluding carboxylic acids is 1. The van der Waals surface area contributed by atoms with Crippen molar-refractivity contribution < 1.29 is 22.4 Å². The van der Waals surface area contributed by atoms with Crippen LogP contribution in [0.25, 0.3) is 11.0 Å². The molecule has 2 rings (SSSR count). The van der Waals surface area contributed by atoms with Gasteiger partial charge in [-0.1, -0.05) is 18.2 Å². The Bertz CT molecular complexity index is 655. The second-order valence-corrected chi connectivity index (χ2v) is 3.70. The van der Waals surface area contributed by atoms with Gasteiger partial charge in [-0.15, -0.1) is 0 Å². The van der Waals surface area contributed by atoms with Crippen LogP contribution in [0.3, 0.4) is 0 Å². The van der Waals surface area contributed by atoms with E-state index in [0.29, 0.717) is 5.39 Å². The summed E-state index contributed by atoms with van der Waals surface area (Å²) < 4.78 is 41.0. The molecule has 0 atom stereocenters. The normalized spacial score (nSPS) is 11.7. The van der Waals surface area contributed by atoms with Gasteiger partial charge in [-0.3, -0.25) is 4.79 Å². The van der Waals surface area contributed by atoms with E-state index in [0.717, 1.165) is 6.07 Å². The molecule has 6 heteroatoms. The number of fused-ring (bicyclic) bond motifs is 1. The molecule has 3 nitrogen and oxygen atoms in total. The number of ketones is 1. The summed E-state index contributed by atoms with van der Waals surface area (Å²) in [5.41, 5.74) is -1.40. The molecule has 0 unspecified atom stereocenters. The van der Waals surface area contributed by atoms with Crippen LogP contribution in [0.4, 0.5) is 13.2 Å². The number of rotatable bonds is 2. The zero-order chi connectivity index (χ0) is 13.3. The minimum Gasteiger partial charge on any atom is -0.422 e. The monoisotopic (exact) mass is 256 g/mol. The summed E-state index contributed by atoms with van der Waals surface area (Å²) in [6.45, 7) is 0. The first-order chi connectivity index (χ1) is 8.37. The molecule has 1 aromatic carbocycles. The van der Waals surface area contributed by atoms with Gasteiger partial charge in [-0.2, -0.15) is 13.2 Å². The van der Waals surface area contributed by atoms with E-state index < -0.39 is 29.6 Å². The van der Waals surface area contributed by atoms with Crippen LogP contribution in [0, 0.1) is 0 Å². The van der Waals surface area contributed by atoms with Crippen molar-refractivity contribution in [2.75, 3.05) is 0 Å². The molecule has 0 bridgehead atoms. The lowest BCUT2D eigenvalue weighted by molar-refractivity contribution is -0.125. The molecule has 1 heterocycles. The highest BCUT2D eigenvalue weighted by atomic mass is 19.4. The maximum Gasteiger partial charge on any atom is 0.396 e. The minimum absolute atomic E-state index is 0.228. The molecule has 0 saturated heterocycles. The summed E-state index contributed by atoms with van der Waals surface area (Å²) in [7, 11) is 0. The standard InChI is InChI=1S/C12H7F3O3/c13-12(14,15)6-9(16)8-5-7-3-1-2-4-10(7)18-11(8)17/h1-5H,6H2. The zero-order valence-electron chi connectivity index (χ0n) is 8.95. The van der Waals surface area contributed by atoms with E-state index in [4.69, 9.17) is 4.42 Å². The van der Waals surface area contributed by atoms with Gasteiger partial charge in [-0.25, -0.2) is 4.79 Å². The van der Waals surface area contributed by atoms with E-state index in [9.17, 15) is 22.8 Å². The van der Waals surface area contributed by atoms with Gasteiger partial charge in [0.1, 0.15) is 17.6 Å². The van der Waals surface area contributed by atoms with Crippen molar-refractivity contribution in [2.45, 2.75) is 12.6 Å². The molecule has 0 fully saturated rings. The van der Waals surface area contributed by atoms with E-state index in [1.807, 2.05) is 0 Å². The smallest absolute Gasteiger partial charge is 0.396 e. The fourth-order valence-corrected chi connectivity index (χ4v) is 1.53. The van der Waals surface area contributed by atoms with Crippen LogP contribution in [-0.4, -0.2) is 12.0 Å². The molecule has 94 valence electrons. The fraction of sp³-hybridized carbons (Fsp3) is 0.167. The van der Waals surface area contributed by atoms with Crippen LogP contribution in [0.2, 0.25) is 0 Å². The largest absolute Gasteiger partial charge is 0.422 e. The van der Waals surface area contributed by atoms with E-state index >= 15 is 0 Å². The van der Waals surface area contributed by atoms with E-state index in [-0.39, 0.29) is 5.58 Å². The first-order valence-electron chi connectivity index (χ1n) is 5.00. The molecule has 0 amide bonds. The fourth-order valence-electron chi connectivity index (χ4n) is 1.53. The number of Topliss-reactive ketones (excluding diaryl/α,β-unsaturated/α-hetero) is 1. The highest BCUT2D eigenvalue weighted by Gasteiger charge is 2.32. The maximum atomic E-state index is 12.1. The van der Waals surface area contributed by atoms with E-state index in [2.05, 4.69) is 0 Å². The SMILES string of the molecule is O=C(CC(F)(F)F)c1cc2ccccc2oc1=O. The number of benzene rings is 1. The maximum absolute atomic E-state index is 12.1. The van der Waals surface area contributed by atoms with Crippen LogP contribution in [0.15, 0.2) is 39.5 Å². The van der Waals surface area contributed by atoms with Gasteiger partial charge in [0, 0.05) is 5.39 Å². The van der Waals surface area contributed by atoms with Crippen LogP contribution in [0.5, 0.6) is 0 Å². The molecule has 0 N–H and O–H groups in total. The lowest BCUT2D eigenvalue weighted by Crippen LogP contribution is -2.20. The summed E-state index contributed by atoms with van der Waals surface area (Å²) in [5, 5.41) is 0.405. The lowest BCUT2D eigenvalue weighted by atomic mass is 10.1. The first kappa shape index (κ1) is 12.3. The number of hydrogen-bond acceptors (Lipinski definition) is 3. The van der Waals surface area contributed by atoms with Crippen LogP contribution >= 0.6 is 0 Å². The number of halogens is 3. The molecule has 18 heavy (non-hydrogen) atoms. The van der Waals surface area contributed by atoms with Gasteiger partial charge in [0.2, 0.25) is 0 Å². The van der Waals surface area contributed by atoms with Gasteiger partial charge in [-0.05, 0) is 12.1 Å². The molecule has 0 spiro atoms. The third-order valence-electron chi connectivity index (χ3n) is 2.30. The zero-order valence-corrected chi connectivity index (χ0v) is 8.95. The Balaban J connectivity index is 2.48. The number of carbonyl (C=O) groups is 1. The van der Waals surface area contributed by atoms with E-state index in [1.165, 1.54) is 6.07 Å². The second kappa shape index (κ2) is 4.29. The summed E-state index contributed by atoms with van der Waals surface area (Å²) in [5.74, 6) is -1.29. The molecular weight excluding hydrogens is 249 g/mol. The summed E-state index contributed by atoms with van der Waals surface area (Å²) in [4.78, 5) is 22.8. The van der Waals surface area contributed by atoms with Crippen LogP contribution in [0.1, 0.15) is 16.8 Å². The Hall–Kier alpha value is -2.11. The average Bonchev–Trinajstić information content (AvgIpc) is 2.25. The van der Waals surface area contributed by atoms with Crippen molar-refractivity contribution in [3.05, 3.63) is 46.3 Å². The predicted molar refractivity (Wildman–Crippen MR) is 57.5 cm³/mol. The van der Waals surface area contributed by atoms with Crippen molar-refractivity contribution in [1.29, 1.82) is 0 Å². The number of alkyl halides is 3. The second-order valence-electron chi connectivity index (χ2n) is 3.70. The Labute approximate surface area is 98.8 Å². The highest BCUT2D eigenvalue weighted by molar-refractivity contribution is 5.98. The summed E-state index contributed by atoms with van der Waals surface area (Å²) in [6, 6.07) is 7.40. The van der Waals surface area contributed by atoms with Crippen molar-refractivity contribution in [1.82, 2.24) is 0 Å². The number of hydrogen-bond donors (Lipinski definition) is 0. The van der Waals surface area contributed by atoms with Gasteiger partial charge < -0.3 is 4.42 Å². The van der Waals surface area contributed by atoms with Gasteiger partial charge in [0.15, 0.2) is 5.78 Å². The van der Waals surface area contributed by atoms with Crippen molar-refractivity contribution >= 4 is 16.8 Å². The van der Waals surface area contributed by atoms with Gasteiger partial charge >= 0.3 is 11.8 Å². The van der Waals surface area contributed by atoms with E-state index in [1.54, 1.807) is 18.2 Å². The molecule has 2 aromatic rings. The topological polar surface area (TPSA) is 47.3 Å². The Morgan fingerprint density at radius 2 is 1.89 bits per heavy atom. The number of para-hydroxylation sites is 1. The third-order valence-corrected chi connectivity index (χ3v) is 2.30. The quantitative estimate of drug-likeness (QED) is 0.613. The lowest BCUT2D eigenvalue weighted by Gasteiger charge is -2.05. The van der Waals surface area contributed by atoms with Crippen molar-refractivity contribution in [3.63, 3.8) is 0 Å². The minimum atomic E-state index is -4.64. The highest BCUT2D eigenvalue weighted by Crippen LogP contribution is 2.22. The molecule has 0 saturated carbocycles. The summed E-state index contributed by atoms with van der Waals surface area (Å²) >= 11 is 0.